The third kappa shape index (κ3) is 6.42. The van der Waals surface area contributed by atoms with Crippen LogP contribution in [0, 0.1) is 10.5 Å². The van der Waals surface area contributed by atoms with Gasteiger partial charge in [0.25, 0.3) is 0 Å². The number of hydrogen-bond acceptors (Lipinski definition) is 2. The van der Waals surface area contributed by atoms with Gasteiger partial charge in [0, 0.05) is 10.8 Å². The Morgan fingerprint density at radius 2 is 1.28 bits per heavy atom. The fourth-order valence-electron chi connectivity index (χ4n) is 5.07. The summed E-state index contributed by atoms with van der Waals surface area (Å²) in [5.74, 6) is -0.273. The molecule has 0 fully saturated rings. The van der Waals surface area contributed by atoms with Crippen LogP contribution in [0.2, 0.25) is 0 Å². The molecule has 0 aliphatic carbocycles. The number of halogens is 1. The minimum absolute atomic E-state index is 0.273. The molecule has 4 aromatic rings. The fraction of sp³-hybridized carbons (Fsp3) is 0.424. The molecule has 0 saturated carbocycles. The number of hydrogen-bond donors (Lipinski definition) is 0. The fourth-order valence-corrected chi connectivity index (χ4v) is 5.32. The number of unbranched alkanes of at least 4 members (excludes halogenated alkanes) is 8. The van der Waals surface area contributed by atoms with E-state index in [1.807, 2.05) is 12.1 Å². The van der Waals surface area contributed by atoms with Gasteiger partial charge in [-0.15, -0.1) is 0 Å². The number of rotatable bonds is 13. The van der Waals surface area contributed by atoms with Crippen LogP contribution >= 0.6 is 12.2 Å². The van der Waals surface area contributed by atoms with Crippen molar-refractivity contribution in [2.24, 2.45) is 0 Å². The Morgan fingerprint density at radius 1 is 0.639 bits per heavy atom. The van der Waals surface area contributed by atoms with Gasteiger partial charge in [0.1, 0.15) is 0 Å². The van der Waals surface area contributed by atoms with Gasteiger partial charge < -0.3 is 4.42 Å². The van der Waals surface area contributed by atoms with Crippen LogP contribution in [0.4, 0.5) is 4.39 Å². The highest BCUT2D eigenvalue weighted by atomic mass is 32.1. The zero-order valence-electron chi connectivity index (χ0n) is 21.9. The molecule has 190 valence electrons. The first kappa shape index (κ1) is 26.5. The molecule has 1 aromatic heterocycles. The van der Waals surface area contributed by atoms with E-state index in [0.717, 1.165) is 46.5 Å². The van der Waals surface area contributed by atoms with Crippen molar-refractivity contribution in [3.8, 4) is 11.1 Å². The molecule has 0 spiro atoms. The second-order valence-corrected chi connectivity index (χ2v) is 10.5. The monoisotopic (exact) mass is 502 g/mol. The molecule has 0 atom stereocenters. The molecular weight excluding hydrogens is 463 g/mol. The van der Waals surface area contributed by atoms with Crippen LogP contribution < -0.4 is 0 Å². The predicted octanol–water partition coefficient (Wildman–Crippen LogP) is 11.1. The molecule has 0 N–H and O–H groups in total. The van der Waals surface area contributed by atoms with E-state index >= 15 is 4.39 Å². The lowest BCUT2D eigenvalue weighted by Crippen LogP contribution is -1.93. The molecule has 1 nitrogen and oxygen atoms in total. The molecule has 0 radical (unpaired) electrons. The van der Waals surface area contributed by atoms with E-state index in [-0.39, 0.29) is 11.4 Å². The average molecular weight is 503 g/mol. The summed E-state index contributed by atoms with van der Waals surface area (Å²) in [7, 11) is 0. The van der Waals surface area contributed by atoms with E-state index in [4.69, 9.17) is 16.6 Å². The molecule has 0 unspecified atom stereocenters. The third-order valence-electron chi connectivity index (χ3n) is 7.31. The van der Waals surface area contributed by atoms with E-state index in [0.29, 0.717) is 16.7 Å². The van der Waals surface area contributed by atoms with Gasteiger partial charge in [0.05, 0.1) is 0 Å². The summed E-state index contributed by atoms with van der Waals surface area (Å²) in [5.41, 5.74) is 4.63. The van der Waals surface area contributed by atoms with Gasteiger partial charge >= 0.3 is 0 Å². The second-order valence-electron chi connectivity index (χ2n) is 10.1. The Bertz CT molecular complexity index is 1340. The Labute approximate surface area is 220 Å². The average Bonchev–Trinajstić information content (AvgIpc) is 2.90. The number of fused-ring (bicyclic) bond motifs is 3. The molecule has 3 aromatic carbocycles. The van der Waals surface area contributed by atoms with Crippen molar-refractivity contribution in [1.82, 2.24) is 0 Å². The van der Waals surface area contributed by atoms with Gasteiger partial charge in [-0.05, 0) is 71.6 Å². The van der Waals surface area contributed by atoms with Crippen molar-refractivity contribution < 1.29 is 8.81 Å². The molecule has 0 aliphatic rings. The highest BCUT2D eigenvalue weighted by Gasteiger charge is 2.14. The minimum atomic E-state index is -0.273. The lowest BCUT2D eigenvalue weighted by Gasteiger charge is -2.10. The highest BCUT2D eigenvalue weighted by Crippen LogP contribution is 2.33. The van der Waals surface area contributed by atoms with Gasteiger partial charge in [-0.2, -0.15) is 0 Å². The molecule has 0 bridgehead atoms. The van der Waals surface area contributed by atoms with Crippen molar-refractivity contribution in [1.29, 1.82) is 0 Å². The molecule has 36 heavy (non-hydrogen) atoms. The molecule has 3 heteroatoms. The maximum atomic E-state index is 15.1. The summed E-state index contributed by atoms with van der Waals surface area (Å²) in [6.45, 7) is 4.38. The Kier molecular flexibility index (Phi) is 9.69. The first-order valence-corrected chi connectivity index (χ1v) is 14.3. The summed E-state index contributed by atoms with van der Waals surface area (Å²) >= 11 is 5.57. The Morgan fingerprint density at radius 3 is 2.00 bits per heavy atom. The number of aryl methyl sites for hydroxylation is 2. The van der Waals surface area contributed by atoms with Crippen molar-refractivity contribution in [3.63, 3.8) is 0 Å². The van der Waals surface area contributed by atoms with E-state index < -0.39 is 0 Å². The summed E-state index contributed by atoms with van der Waals surface area (Å²) in [6, 6.07) is 19.0. The van der Waals surface area contributed by atoms with Crippen LogP contribution in [0.5, 0.6) is 0 Å². The Hall–Kier alpha value is -2.52. The lowest BCUT2D eigenvalue weighted by molar-refractivity contribution is 0.537. The summed E-state index contributed by atoms with van der Waals surface area (Å²) in [4.78, 5) is 0. The van der Waals surface area contributed by atoms with Gasteiger partial charge in [-0.25, -0.2) is 4.39 Å². The quantitative estimate of drug-likeness (QED) is 0.102. The zero-order chi connectivity index (χ0) is 25.3. The van der Waals surface area contributed by atoms with E-state index in [9.17, 15) is 0 Å². The second kappa shape index (κ2) is 13.1. The van der Waals surface area contributed by atoms with Crippen LogP contribution in [-0.4, -0.2) is 0 Å². The van der Waals surface area contributed by atoms with Gasteiger partial charge in [-0.3, -0.25) is 0 Å². The molecule has 0 aliphatic heterocycles. The first-order valence-electron chi connectivity index (χ1n) is 13.9. The van der Waals surface area contributed by atoms with Gasteiger partial charge in [0.15, 0.2) is 16.1 Å². The van der Waals surface area contributed by atoms with E-state index in [1.165, 1.54) is 56.9 Å². The van der Waals surface area contributed by atoms with Crippen molar-refractivity contribution in [2.45, 2.75) is 90.9 Å². The summed E-state index contributed by atoms with van der Waals surface area (Å²) < 4.78 is 21.3. The third-order valence-corrected chi connectivity index (χ3v) is 7.61. The molecule has 1 heterocycles. The van der Waals surface area contributed by atoms with Crippen LogP contribution in [0.25, 0.3) is 32.9 Å². The molecular formula is C33H39FOS. The molecule has 0 saturated heterocycles. The van der Waals surface area contributed by atoms with Crippen LogP contribution in [0.1, 0.15) is 89.2 Å². The van der Waals surface area contributed by atoms with Crippen LogP contribution in [0.15, 0.2) is 59.0 Å². The standard InChI is InChI=1S/C33H39FOS/c1-3-5-7-8-9-10-11-12-13-24-15-17-25(18-16-24)27-20-21-28-29-22-19-26(14-6-4-2)31(34)32(29)35-33(36)30(28)23-27/h15-23H,3-14H2,1-2H3. The van der Waals surface area contributed by atoms with Crippen LogP contribution in [0.3, 0.4) is 0 Å². The van der Waals surface area contributed by atoms with Gasteiger partial charge in [0.2, 0.25) is 0 Å². The van der Waals surface area contributed by atoms with Crippen molar-refractivity contribution in [2.75, 3.05) is 0 Å². The minimum Gasteiger partial charge on any atom is -0.441 e. The molecule has 0 amide bonds. The van der Waals surface area contributed by atoms with Crippen molar-refractivity contribution >= 4 is 34.0 Å². The smallest absolute Gasteiger partial charge is 0.198 e. The maximum Gasteiger partial charge on any atom is 0.198 e. The largest absolute Gasteiger partial charge is 0.441 e. The van der Waals surface area contributed by atoms with E-state index in [2.05, 4.69) is 56.3 Å². The maximum absolute atomic E-state index is 15.1. The van der Waals surface area contributed by atoms with E-state index in [1.54, 1.807) is 0 Å². The SMILES string of the molecule is CCCCCCCCCCc1ccc(-c2ccc3c(c2)c(=S)oc2c(F)c(CCCC)ccc23)cc1. The number of benzene rings is 3. The molecule has 4 rings (SSSR count). The normalized spacial score (nSPS) is 11.5. The summed E-state index contributed by atoms with van der Waals surface area (Å²) in [5, 5.41) is 2.58. The van der Waals surface area contributed by atoms with Gasteiger partial charge in [-0.1, -0.05) is 114 Å². The van der Waals surface area contributed by atoms with Crippen molar-refractivity contribution in [3.05, 3.63) is 76.2 Å². The zero-order valence-corrected chi connectivity index (χ0v) is 22.7. The highest BCUT2D eigenvalue weighted by molar-refractivity contribution is 7.71. The Balaban J connectivity index is 1.46. The van der Waals surface area contributed by atoms with Crippen LogP contribution in [-0.2, 0) is 12.8 Å². The lowest BCUT2D eigenvalue weighted by atomic mass is 9.97. The summed E-state index contributed by atoms with van der Waals surface area (Å²) in [6.07, 6.45) is 14.6. The topological polar surface area (TPSA) is 13.1 Å². The predicted molar refractivity (Wildman–Crippen MR) is 155 cm³/mol. The first-order chi connectivity index (χ1) is 17.6.